The maximum atomic E-state index is 14.1. The van der Waals surface area contributed by atoms with E-state index >= 15 is 0 Å². The lowest BCUT2D eigenvalue weighted by atomic mass is 9.93. The number of anilines is 2. The number of amides is 2. The summed E-state index contributed by atoms with van der Waals surface area (Å²) in [5.41, 5.74) is 1.61. The zero-order valence-corrected chi connectivity index (χ0v) is 18.8. The summed E-state index contributed by atoms with van der Waals surface area (Å²) in [6.45, 7) is 1.62. The molecule has 4 N–H and O–H groups in total. The molecule has 2 amide bonds. The van der Waals surface area contributed by atoms with Crippen molar-refractivity contribution in [3.63, 3.8) is 0 Å². The molecule has 36 heavy (non-hydrogen) atoms. The Labute approximate surface area is 203 Å². The number of carbonyl (C=O) groups excluding carboxylic acids is 2. The highest BCUT2D eigenvalue weighted by Crippen LogP contribution is 2.33. The van der Waals surface area contributed by atoms with E-state index in [2.05, 4.69) is 37.4 Å². The van der Waals surface area contributed by atoms with Gasteiger partial charge in [0.1, 0.15) is 17.7 Å². The lowest BCUT2D eigenvalue weighted by Crippen LogP contribution is -2.53. The van der Waals surface area contributed by atoms with Crippen LogP contribution in [-0.2, 0) is 4.79 Å². The molecule has 188 valence electrons. The van der Waals surface area contributed by atoms with Crippen molar-refractivity contribution in [2.75, 3.05) is 23.7 Å². The molecule has 2 atom stereocenters. The van der Waals surface area contributed by atoms with E-state index in [0.29, 0.717) is 16.3 Å². The van der Waals surface area contributed by atoms with Crippen LogP contribution in [0.1, 0.15) is 16.9 Å². The van der Waals surface area contributed by atoms with Gasteiger partial charge >= 0.3 is 0 Å². The van der Waals surface area contributed by atoms with Crippen LogP contribution in [0.3, 0.4) is 0 Å². The number of rotatable bonds is 7. The zero-order chi connectivity index (χ0) is 25.9. The van der Waals surface area contributed by atoms with Gasteiger partial charge in [0.25, 0.3) is 17.7 Å². The van der Waals surface area contributed by atoms with Crippen LogP contribution in [0.2, 0.25) is 0 Å². The first-order valence-corrected chi connectivity index (χ1v) is 10.8. The van der Waals surface area contributed by atoms with Gasteiger partial charge in [-0.2, -0.15) is 5.10 Å². The second-order valence-electron chi connectivity index (χ2n) is 8.26. The summed E-state index contributed by atoms with van der Waals surface area (Å²) >= 11 is 0. The predicted molar refractivity (Wildman–Crippen MR) is 124 cm³/mol. The number of hydrogen-bond acceptors (Lipinski definition) is 7. The number of H-pyrrole nitrogens is 1. The summed E-state index contributed by atoms with van der Waals surface area (Å²) in [5.74, 6) is -7.28. The summed E-state index contributed by atoms with van der Waals surface area (Å²) in [7, 11) is 0. The molecule has 4 heterocycles. The van der Waals surface area contributed by atoms with Crippen molar-refractivity contribution in [3.8, 4) is 11.4 Å². The quantitative estimate of drug-likeness (QED) is 0.289. The Balaban J connectivity index is 1.38. The van der Waals surface area contributed by atoms with Gasteiger partial charge in [-0.05, 0) is 30.3 Å². The van der Waals surface area contributed by atoms with Gasteiger partial charge in [0.2, 0.25) is 0 Å². The van der Waals surface area contributed by atoms with Crippen LogP contribution in [0.4, 0.5) is 24.7 Å². The summed E-state index contributed by atoms with van der Waals surface area (Å²) in [4.78, 5) is 33.4. The number of piperidine rings is 1. The Hall–Kier alpha value is -4.26. The van der Waals surface area contributed by atoms with E-state index in [4.69, 9.17) is 0 Å². The number of halogens is 3. The van der Waals surface area contributed by atoms with Crippen LogP contribution in [0.5, 0.6) is 0 Å². The fraction of sp³-hybridized carbons (Fsp3) is 0.261. The minimum absolute atomic E-state index is 0.148. The monoisotopic (exact) mass is 501 g/mol. The van der Waals surface area contributed by atoms with Gasteiger partial charge in [-0.15, -0.1) is 0 Å². The molecule has 13 heteroatoms. The first kappa shape index (κ1) is 24.9. The molecule has 3 aromatic rings. The molecule has 0 radical (unpaired) electrons. The third-order valence-corrected chi connectivity index (χ3v) is 5.48. The van der Waals surface area contributed by atoms with Crippen LogP contribution >= 0.6 is 0 Å². The molecule has 1 aliphatic rings. The first-order chi connectivity index (χ1) is 17.1. The molecule has 0 aliphatic carbocycles. The Kier molecular flexibility index (Phi) is 7.01. The number of aliphatic hydroxyl groups is 1. The second-order valence-corrected chi connectivity index (χ2v) is 8.26. The number of hydrogen-bond donors (Lipinski definition) is 4. The number of nitrogens with one attached hydrogen (secondary N) is 3. The molecule has 3 aromatic heterocycles. The molecule has 2 unspecified atom stereocenters. The zero-order valence-electron chi connectivity index (χ0n) is 18.8. The van der Waals surface area contributed by atoms with Crippen molar-refractivity contribution >= 4 is 23.3 Å². The van der Waals surface area contributed by atoms with E-state index in [-0.39, 0.29) is 23.7 Å². The van der Waals surface area contributed by atoms with E-state index in [1.807, 2.05) is 0 Å². The number of aliphatic hydroxyl groups excluding tert-OH is 1. The SMILES string of the molecule is C=C(F)C(=O)N1CC(C(O)Nc2ccc(NC(=O)c3cccc(-c4ccn[nH]4)n3)nc2)CC(F)(F)C1. The third kappa shape index (κ3) is 5.86. The van der Waals surface area contributed by atoms with E-state index in [9.17, 15) is 27.9 Å². The fourth-order valence-electron chi connectivity index (χ4n) is 3.81. The summed E-state index contributed by atoms with van der Waals surface area (Å²) in [5, 5.41) is 22.3. The molecule has 0 saturated carbocycles. The maximum Gasteiger partial charge on any atom is 0.282 e. The van der Waals surface area contributed by atoms with Crippen molar-refractivity contribution in [2.45, 2.75) is 18.6 Å². The second kappa shape index (κ2) is 10.2. The molecule has 1 aliphatic heterocycles. The highest BCUT2D eigenvalue weighted by Gasteiger charge is 2.44. The van der Waals surface area contributed by atoms with Gasteiger partial charge in [-0.3, -0.25) is 14.7 Å². The Morgan fingerprint density at radius 2 is 2.06 bits per heavy atom. The molecule has 4 rings (SSSR count). The van der Waals surface area contributed by atoms with E-state index in [1.165, 1.54) is 24.4 Å². The molecular formula is C23H22F3N7O3. The van der Waals surface area contributed by atoms with Gasteiger partial charge < -0.3 is 20.6 Å². The largest absolute Gasteiger partial charge is 0.373 e. The summed E-state index contributed by atoms with van der Waals surface area (Å²) < 4.78 is 41.4. The predicted octanol–water partition coefficient (Wildman–Crippen LogP) is 2.82. The highest BCUT2D eigenvalue weighted by molar-refractivity contribution is 6.02. The average molecular weight is 501 g/mol. The first-order valence-electron chi connectivity index (χ1n) is 10.8. The fourth-order valence-corrected chi connectivity index (χ4v) is 3.81. The number of aromatic nitrogens is 4. The van der Waals surface area contributed by atoms with Crippen LogP contribution < -0.4 is 10.6 Å². The van der Waals surface area contributed by atoms with Gasteiger partial charge in [0.05, 0.1) is 29.8 Å². The number of likely N-dealkylation sites (tertiary alicyclic amines) is 1. The normalized spacial score (nSPS) is 17.8. The molecular weight excluding hydrogens is 479 g/mol. The molecule has 0 spiro atoms. The lowest BCUT2D eigenvalue weighted by molar-refractivity contribution is -0.146. The van der Waals surface area contributed by atoms with Gasteiger partial charge in [-0.1, -0.05) is 12.6 Å². The van der Waals surface area contributed by atoms with E-state index in [1.54, 1.807) is 24.4 Å². The summed E-state index contributed by atoms with van der Waals surface area (Å²) in [6.07, 6.45) is 0.684. The number of pyridine rings is 2. The van der Waals surface area contributed by atoms with Crippen molar-refractivity contribution < 1.29 is 27.9 Å². The van der Waals surface area contributed by atoms with Crippen LogP contribution in [-0.4, -0.2) is 67.2 Å². The van der Waals surface area contributed by atoms with Crippen molar-refractivity contribution in [2.24, 2.45) is 5.92 Å². The highest BCUT2D eigenvalue weighted by atomic mass is 19.3. The minimum atomic E-state index is -3.30. The molecule has 0 aromatic carbocycles. The van der Waals surface area contributed by atoms with E-state index < -0.39 is 48.7 Å². The van der Waals surface area contributed by atoms with Crippen LogP contribution in [0, 0.1) is 5.92 Å². The minimum Gasteiger partial charge on any atom is -0.373 e. The Morgan fingerprint density at radius 1 is 1.25 bits per heavy atom. The maximum absolute atomic E-state index is 14.1. The topological polar surface area (TPSA) is 136 Å². The van der Waals surface area contributed by atoms with E-state index in [0.717, 1.165) is 0 Å². The Bertz CT molecular complexity index is 1250. The van der Waals surface area contributed by atoms with Gasteiger partial charge in [-0.25, -0.2) is 23.1 Å². The van der Waals surface area contributed by atoms with Crippen LogP contribution in [0.25, 0.3) is 11.4 Å². The smallest absolute Gasteiger partial charge is 0.282 e. The van der Waals surface area contributed by atoms with Crippen molar-refractivity contribution in [3.05, 3.63) is 66.9 Å². The molecule has 1 fully saturated rings. The molecule has 0 bridgehead atoms. The van der Waals surface area contributed by atoms with Gasteiger partial charge in [0.15, 0.2) is 5.83 Å². The number of carbonyl (C=O) groups is 2. The molecule has 1 saturated heterocycles. The van der Waals surface area contributed by atoms with Gasteiger partial charge in [0, 0.05) is 25.1 Å². The van der Waals surface area contributed by atoms with Crippen molar-refractivity contribution in [1.82, 2.24) is 25.1 Å². The Morgan fingerprint density at radius 3 is 2.72 bits per heavy atom. The number of nitrogens with zero attached hydrogens (tertiary/aromatic N) is 4. The third-order valence-electron chi connectivity index (χ3n) is 5.48. The number of aromatic amines is 1. The average Bonchev–Trinajstić information content (AvgIpc) is 3.39. The van der Waals surface area contributed by atoms with Crippen LogP contribution in [0.15, 0.2) is 61.2 Å². The molecule has 10 nitrogen and oxygen atoms in total. The lowest BCUT2D eigenvalue weighted by Gasteiger charge is -2.39. The van der Waals surface area contributed by atoms with Crippen molar-refractivity contribution in [1.29, 1.82) is 0 Å². The number of alkyl halides is 2. The standard InChI is InChI=1S/C23H22F3N7O3/c1-13(24)22(36)33-11-14(9-23(25,26)12-33)20(34)29-15-5-6-19(27-10-15)31-21(35)18-4-2-3-16(30-18)17-7-8-28-32-17/h2-8,10,14,20,29,34H,1,9,11-12H2,(H,28,32)(H,27,31,35). The summed E-state index contributed by atoms with van der Waals surface area (Å²) in [6, 6.07) is 9.57.